The van der Waals surface area contributed by atoms with Crippen LogP contribution in [0.2, 0.25) is 0 Å². The number of hydrogen-bond donors (Lipinski definition) is 1. The number of rotatable bonds is 4. The van der Waals surface area contributed by atoms with Crippen molar-refractivity contribution in [2.75, 3.05) is 12.8 Å². The number of anilines is 1. The number of nitrogens with two attached hydrogens (primary N) is 1. The zero-order chi connectivity index (χ0) is 14.5. The smallest absolute Gasteiger partial charge is 0.144 e. The fourth-order valence-electron chi connectivity index (χ4n) is 1.72. The molecule has 0 amide bonds. The molecule has 0 atom stereocenters. The Labute approximate surface area is 116 Å². The van der Waals surface area contributed by atoms with Crippen LogP contribution in [-0.4, -0.2) is 7.11 Å². The minimum atomic E-state index is -0.603. The first kappa shape index (κ1) is 13.7. The summed E-state index contributed by atoms with van der Waals surface area (Å²) in [6.07, 6.45) is 0. The lowest BCUT2D eigenvalue weighted by atomic mass is 10.2. The normalized spacial score (nSPS) is 9.85. The van der Waals surface area contributed by atoms with E-state index in [9.17, 15) is 4.39 Å². The summed E-state index contributed by atoms with van der Waals surface area (Å²) in [4.78, 5) is 0. The van der Waals surface area contributed by atoms with Crippen LogP contribution >= 0.6 is 0 Å². The average Bonchev–Trinajstić information content (AvgIpc) is 2.46. The number of nitrogen functional groups attached to an aromatic ring is 1. The van der Waals surface area contributed by atoms with Crippen LogP contribution in [0.4, 0.5) is 10.1 Å². The van der Waals surface area contributed by atoms with Gasteiger partial charge in [-0.2, -0.15) is 5.26 Å². The summed E-state index contributed by atoms with van der Waals surface area (Å²) >= 11 is 0. The third-order valence-corrected chi connectivity index (χ3v) is 2.77. The Kier molecular flexibility index (Phi) is 4.06. The Morgan fingerprint density at radius 2 is 2.05 bits per heavy atom. The van der Waals surface area contributed by atoms with E-state index < -0.39 is 5.82 Å². The summed E-state index contributed by atoms with van der Waals surface area (Å²) in [7, 11) is 1.54. The Morgan fingerprint density at radius 3 is 2.70 bits per heavy atom. The average molecular weight is 272 g/mol. The third-order valence-electron chi connectivity index (χ3n) is 2.77. The second-order valence-electron chi connectivity index (χ2n) is 4.11. The Bertz CT molecular complexity index is 665. The second kappa shape index (κ2) is 5.93. The standard InChI is InChI=1S/C15H13FN2O2/c1-19-15-6-12(18)4-2-11(15)9-20-13-5-3-10(8-17)14(16)7-13/h2-7H,9,18H2,1H3. The number of nitriles is 1. The molecule has 4 nitrogen and oxygen atoms in total. The van der Waals surface area contributed by atoms with E-state index in [1.54, 1.807) is 37.4 Å². The largest absolute Gasteiger partial charge is 0.496 e. The van der Waals surface area contributed by atoms with Crippen LogP contribution in [0, 0.1) is 17.1 Å². The number of benzene rings is 2. The molecule has 0 spiro atoms. The number of halogens is 1. The van der Waals surface area contributed by atoms with Crippen molar-refractivity contribution in [3.05, 3.63) is 53.3 Å². The van der Waals surface area contributed by atoms with Gasteiger partial charge in [0.1, 0.15) is 30.0 Å². The zero-order valence-corrected chi connectivity index (χ0v) is 10.9. The lowest BCUT2D eigenvalue weighted by Crippen LogP contribution is -2.00. The van der Waals surface area contributed by atoms with E-state index in [4.69, 9.17) is 20.5 Å². The number of methoxy groups -OCH3 is 1. The van der Waals surface area contributed by atoms with Gasteiger partial charge in [-0.1, -0.05) is 0 Å². The SMILES string of the molecule is COc1cc(N)ccc1COc1ccc(C#N)c(F)c1. The number of nitrogens with zero attached hydrogens (tertiary/aromatic N) is 1. The summed E-state index contributed by atoms with van der Waals surface area (Å²) < 4.78 is 24.1. The topological polar surface area (TPSA) is 68.3 Å². The fourth-order valence-corrected chi connectivity index (χ4v) is 1.72. The van der Waals surface area contributed by atoms with Gasteiger partial charge in [-0.25, -0.2) is 4.39 Å². The quantitative estimate of drug-likeness (QED) is 0.869. The van der Waals surface area contributed by atoms with E-state index in [1.165, 1.54) is 12.1 Å². The number of hydrogen-bond acceptors (Lipinski definition) is 4. The third kappa shape index (κ3) is 2.98. The molecule has 5 heteroatoms. The van der Waals surface area contributed by atoms with E-state index >= 15 is 0 Å². The van der Waals surface area contributed by atoms with Crippen molar-refractivity contribution in [3.8, 4) is 17.6 Å². The molecule has 102 valence electrons. The van der Waals surface area contributed by atoms with E-state index in [-0.39, 0.29) is 12.2 Å². The Morgan fingerprint density at radius 1 is 1.25 bits per heavy atom. The van der Waals surface area contributed by atoms with Crippen LogP contribution in [0.15, 0.2) is 36.4 Å². The molecule has 0 saturated carbocycles. The first-order valence-electron chi connectivity index (χ1n) is 5.89. The molecule has 0 heterocycles. The second-order valence-corrected chi connectivity index (χ2v) is 4.11. The Hall–Kier alpha value is -2.74. The summed E-state index contributed by atoms with van der Waals surface area (Å²) in [6.45, 7) is 0.217. The summed E-state index contributed by atoms with van der Waals surface area (Å²) in [6, 6.07) is 11.1. The van der Waals surface area contributed by atoms with Crippen molar-refractivity contribution >= 4 is 5.69 Å². The molecule has 0 aliphatic heterocycles. The van der Waals surface area contributed by atoms with Gasteiger partial charge >= 0.3 is 0 Å². The molecule has 0 unspecified atom stereocenters. The van der Waals surface area contributed by atoms with Crippen molar-refractivity contribution < 1.29 is 13.9 Å². The highest BCUT2D eigenvalue weighted by Gasteiger charge is 2.07. The van der Waals surface area contributed by atoms with Crippen LogP contribution in [0.25, 0.3) is 0 Å². The molecule has 0 aliphatic rings. The number of ether oxygens (including phenoxy) is 2. The highest BCUT2D eigenvalue weighted by Crippen LogP contribution is 2.24. The van der Waals surface area contributed by atoms with Crippen LogP contribution in [0.1, 0.15) is 11.1 Å². The van der Waals surface area contributed by atoms with Crippen molar-refractivity contribution in [3.63, 3.8) is 0 Å². The molecule has 2 rings (SSSR count). The predicted molar refractivity (Wildman–Crippen MR) is 72.9 cm³/mol. The van der Waals surface area contributed by atoms with Crippen LogP contribution in [0.3, 0.4) is 0 Å². The molecule has 0 aliphatic carbocycles. The molecule has 2 aromatic rings. The lowest BCUT2D eigenvalue weighted by molar-refractivity contribution is 0.295. The maximum atomic E-state index is 13.4. The maximum Gasteiger partial charge on any atom is 0.144 e. The van der Waals surface area contributed by atoms with E-state index in [1.807, 2.05) is 0 Å². The minimum absolute atomic E-state index is 0.0117. The molecule has 0 aromatic heterocycles. The van der Waals surface area contributed by atoms with Gasteiger partial charge in [0.2, 0.25) is 0 Å². The van der Waals surface area contributed by atoms with Gasteiger partial charge in [0.15, 0.2) is 0 Å². The first-order valence-corrected chi connectivity index (χ1v) is 5.89. The van der Waals surface area contributed by atoms with Gasteiger partial charge in [-0.15, -0.1) is 0 Å². The molecular weight excluding hydrogens is 259 g/mol. The highest BCUT2D eigenvalue weighted by atomic mass is 19.1. The van der Waals surface area contributed by atoms with Gasteiger partial charge in [-0.3, -0.25) is 0 Å². The van der Waals surface area contributed by atoms with Crippen LogP contribution in [-0.2, 0) is 6.61 Å². The highest BCUT2D eigenvalue weighted by molar-refractivity contribution is 5.48. The van der Waals surface area contributed by atoms with Crippen LogP contribution in [0.5, 0.6) is 11.5 Å². The predicted octanol–water partition coefficient (Wildman–Crippen LogP) is 2.87. The van der Waals surface area contributed by atoms with Gasteiger partial charge in [-0.05, 0) is 24.3 Å². The van der Waals surface area contributed by atoms with Crippen LogP contribution < -0.4 is 15.2 Å². The van der Waals surface area contributed by atoms with Crippen molar-refractivity contribution in [2.45, 2.75) is 6.61 Å². The van der Waals surface area contributed by atoms with Crippen molar-refractivity contribution in [1.29, 1.82) is 5.26 Å². The minimum Gasteiger partial charge on any atom is -0.496 e. The molecule has 0 radical (unpaired) electrons. The van der Waals surface area contributed by atoms with Crippen molar-refractivity contribution in [1.82, 2.24) is 0 Å². The summed E-state index contributed by atoms with van der Waals surface area (Å²) in [5, 5.41) is 8.65. The monoisotopic (exact) mass is 272 g/mol. The molecule has 0 bridgehead atoms. The summed E-state index contributed by atoms with van der Waals surface area (Å²) in [5.41, 5.74) is 7.04. The molecule has 0 fully saturated rings. The Balaban J connectivity index is 2.13. The molecule has 2 N–H and O–H groups in total. The van der Waals surface area contributed by atoms with Gasteiger partial charge < -0.3 is 15.2 Å². The molecule has 20 heavy (non-hydrogen) atoms. The molecular formula is C15H13FN2O2. The summed E-state index contributed by atoms with van der Waals surface area (Å²) in [5.74, 6) is 0.355. The van der Waals surface area contributed by atoms with E-state index in [0.29, 0.717) is 17.2 Å². The fraction of sp³-hybridized carbons (Fsp3) is 0.133. The van der Waals surface area contributed by atoms with E-state index in [0.717, 1.165) is 5.56 Å². The van der Waals surface area contributed by atoms with Gasteiger partial charge in [0.25, 0.3) is 0 Å². The van der Waals surface area contributed by atoms with Gasteiger partial charge in [0.05, 0.1) is 12.7 Å². The van der Waals surface area contributed by atoms with Crippen molar-refractivity contribution in [2.24, 2.45) is 0 Å². The zero-order valence-electron chi connectivity index (χ0n) is 10.9. The lowest BCUT2D eigenvalue weighted by Gasteiger charge is -2.11. The molecule has 0 saturated heterocycles. The van der Waals surface area contributed by atoms with Gasteiger partial charge in [0, 0.05) is 23.4 Å². The van der Waals surface area contributed by atoms with E-state index in [2.05, 4.69) is 0 Å². The maximum absolute atomic E-state index is 13.4. The first-order chi connectivity index (χ1) is 9.63. The molecule has 2 aromatic carbocycles.